The minimum Gasteiger partial charge on any atom is -0.425 e. The summed E-state index contributed by atoms with van der Waals surface area (Å²) in [4.78, 5) is 26.7. The predicted molar refractivity (Wildman–Crippen MR) is 94.6 cm³/mol. The van der Waals surface area contributed by atoms with E-state index in [4.69, 9.17) is 8.83 Å². The maximum atomic E-state index is 12.7. The molecule has 3 aromatic rings. The number of rotatable bonds is 2. The first-order chi connectivity index (χ1) is 12.3. The second kappa shape index (κ2) is 5.96. The molecule has 0 N–H and O–H groups in total. The Bertz CT molecular complexity index is 1170. The summed E-state index contributed by atoms with van der Waals surface area (Å²) < 4.78 is 35.5. The molecule has 1 aliphatic heterocycles. The maximum absolute atomic E-state index is 12.7. The number of fused-ring (bicyclic) bond motifs is 2. The monoisotopic (exact) mass is 376 g/mol. The van der Waals surface area contributed by atoms with E-state index < -0.39 is 15.9 Å². The van der Waals surface area contributed by atoms with Crippen LogP contribution in [-0.2, 0) is 10.0 Å². The van der Waals surface area contributed by atoms with Gasteiger partial charge in [-0.2, -0.15) is 4.31 Å². The van der Waals surface area contributed by atoms with Crippen LogP contribution in [0.25, 0.3) is 22.1 Å². The number of sulfonamides is 1. The van der Waals surface area contributed by atoms with Crippen molar-refractivity contribution >= 4 is 38.1 Å². The molecule has 0 bridgehead atoms. The largest absolute Gasteiger partial charge is 0.425 e. The van der Waals surface area contributed by atoms with Gasteiger partial charge in [0.25, 0.3) is 5.91 Å². The quantitative estimate of drug-likeness (QED) is 0.667. The number of hydrogen-bond donors (Lipinski definition) is 0. The van der Waals surface area contributed by atoms with Crippen LogP contribution in [0.15, 0.2) is 44.0 Å². The minimum atomic E-state index is -3.27. The number of nitrogens with zero attached hydrogens (tertiary/aromatic N) is 2. The van der Waals surface area contributed by atoms with E-state index in [1.807, 2.05) is 0 Å². The van der Waals surface area contributed by atoms with Gasteiger partial charge in [-0.25, -0.2) is 8.42 Å². The Balaban J connectivity index is 1.65. The van der Waals surface area contributed by atoms with Crippen LogP contribution in [0.3, 0.4) is 0 Å². The zero-order chi connectivity index (χ0) is 18.5. The number of benzene rings is 1. The molecule has 3 heterocycles. The molecular formula is C17H16N2O6S. The smallest absolute Gasteiger partial charge is 0.302 e. The highest BCUT2D eigenvalue weighted by molar-refractivity contribution is 7.88. The second-order valence-corrected chi connectivity index (χ2v) is 8.18. The summed E-state index contributed by atoms with van der Waals surface area (Å²) in [6.07, 6.45) is 1.14. The number of para-hydroxylation sites is 1. The number of carbonyl (C=O) groups is 1. The van der Waals surface area contributed by atoms with Gasteiger partial charge >= 0.3 is 5.78 Å². The van der Waals surface area contributed by atoms with Crippen LogP contribution in [0.5, 0.6) is 0 Å². The topological polar surface area (TPSA) is 101 Å². The van der Waals surface area contributed by atoms with Crippen molar-refractivity contribution in [2.75, 3.05) is 32.4 Å². The average molecular weight is 376 g/mol. The molecule has 4 rings (SSSR count). The molecule has 1 amide bonds. The van der Waals surface area contributed by atoms with E-state index >= 15 is 0 Å². The van der Waals surface area contributed by atoms with Crippen LogP contribution in [-0.4, -0.2) is 56.0 Å². The summed E-state index contributed by atoms with van der Waals surface area (Å²) >= 11 is 0. The van der Waals surface area contributed by atoms with Crippen molar-refractivity contribution in [3.8, 4) is 0 Å². The number of carbonyl (C=O) groups excluding carboxylic acids is 1. The molecule has 0 spiro atoms. The molecule has 0 atom stereocenters. The molecule has 1 saturated heterocycles. The van der Waals surface area contributed by atoms with Crippen LogP contribution in [0.2, 0.25) is 0 Å². The normalized spacial score (nSPS) is 16.4. The van der Waals surface area contributed by atoms with Crippen molar-refractivity contribution in [3.05, 3.63) is 46.3 Å². The first kappa shape index (κ1) is 16.8. The molecule has 26 heavy (non-hydrogen) atoms. The molecule has 0 aliphatic carbocycles. The van der Waals surface area contributed by atoms with Gasteiger partial charge in [0.15, 0.2) is 5.76 Å². The Morgan fingerprint density at radius 3 is 2.42 bits per heavy atom. The Morgan fingerprint density at radius 1 is 1.04 bits per heavy atom. The average Bonchev–Trinajstić information content (AvgIpc) is 3.05. The van der Waals surface area contributed by atoms with Crippen LogP contribution in [0.1, 0.15) is 10.6 Å². The van der Waals surface area contributed by atoms with Gasteiger partial charge in [0.1, 0.15) is 11.0 Å². The number of amides is 1. The van der Waals surface area contributed by atoms with E-state index in [0.717, 1.165) is 6.26 Å². The van der Waals surface area contributed by atoms with E-state index in [1.165, 1.54) is 15.3 Å². The number of piperazine rings is 1. The lowest BCUT2D eigenvalue weighted by atomic mass is 10.2. The van der Waals surface area contributed by atoms with Crippen molar-refractivity contribution in [2.45, 2.75) is 0 Å². The summed E-state index contributed by atoms with van der Waals surface area (Å²) in [5.74, 6) is -0.385. The van der Waals surface area contributed by atoms with Crippen LogP contribution in [0, 0.1) is 0 Å². The molecule has 0 unspecified atom stereocenters. The molecular weight excluding hydrogens is 360 g/mol. The van der Waals surface area contributed by atoms with Crippen molar-refractivity contribution in [2.24, 2.45) is 0 Å². The Labute approximate surface area is 148 Å². The third kappa shape index (κ3) is 2.78. The fourth-order valence-corrected chi connectivity index (χ4v) is 3.91. The van der Waals surface area contributed by atoms with Crippen molar-refractivity contribution in [3.63, 3.8) is 0 Å². The fraction of sp³-hybridized carbons (Fsp3) is 0.294. The van der Waals surface area contributed by atoms with Gasteiger partial charge in [-0.05, 0) is 12.1 Å². The van der Waals surface area contributed by atoms with Crippen LogP contribution >= 0.6 is 0 Å². The van der Waals surface area contributed by atoms with Gasteiger partial charge in [0.2, 0.25) is 15.5 Å². The van der Waals surface area contributed by atoms with Crippen molar-refractivity contribution in [1.29, 1.82) is 0 Å². The van der Waals surface area contributed by atoms with Crippen molar-refractivity contribution in [1.82, 2.24) is 9.21 Å². The molecule has 136 valence electrons. The lowest BCUT2D eigenvalue weighted by Crippen LogP contribution is -2.50. The highest BCUT2D eigenvalue weighted by atomic mass is 32.2. The predicted octanol–water partition coefficient (Wildman–Crippen LogP) is 1.26. The third-order valence-corrected chi connectivity index (χ3v) is 5.79. The first-order valence-electron chi connectivity index (χ1n) is 8.04. The summed E-state index contributed by atoms with van der Waals surface area (Å²) in [7, 11) is -3.27. The molecule has 2 aromatic heterocycles. The van der Waals surface area contributed by atoms with Gasteiger partial charge in [-0.15, -0.1) is 0 Å². The SMILES string of the molecule is CS(=O)(=O)N1CCN(C(=O)c2cc3c(=O)c4ccccc4oc3o2)CC1. The van der Waals surface area contributed by atoms with Crippen LogP contribution in [0.4, 0.5) is 0 Å². The number of hydrogen-bond acceptors (Lipinski definition) is 6. The highest BCUT2D eigenvalue weighted by Crippen LogP contribution is 2.23. The van der Waals surface area contributed by atoms with Crippen molar-refractivity contribution < 1.29 is 22.0 Å². The summed E-state index contributed by atoms with van der Waals surface area (Å²) in [6.45, 7) is 0.969. The molecule has 1 aromatic carbocycles. The molecule has 8 nitrogen and oxygen atoms in total. The summed E-state index contributed by atoms with van der Waals surface area (Å²) in [5.41, 5.74) is 0.131. The molecule has 0 saturated carbocycles. The lowest BCUT2D eigenvalue weighted by molar-refractivity contribution is 0.0667. The van der Waals surface area contributed by atoms with Gasteiger partial charge in [0, 0.05) is 32.2 Å². The summed E-state index contributed by atoms with van der Waals surface area (Å²) in [6, 6.07) is 8.18. The maximum Gasteiger partial charge on any atom is 0.302 e. The van der Waals surface area contributed by atoms with E-state index in [0.29, 0.717) is 11.0 Å². The van der Waals surface area contributed by atoms with E-state index in [2.05, 4.69) is 0 Å². The highest BCUT2D eigenvalue weighted by Gasteiger charge is 2.28. The van der Waals surface area contributed by atoms with E-state index in [-0.39, 0.29) is 48.5 Å². The van der Waals surface area contributed by atoms with Gasteiger partial charge in [0.05, 0.1) is 11.6 Å². The Hall–Kier alpha value is -2.65. The van der Waals surface area contributed by atoms with E-state index in [9.17, 15) is 18.0 Å². The zero-order valence-corrected chi connectivity index (χ0v) is 14.8. The number of furan rings is 1. The standard InChI is InChI=1S/C17H16N2O6S/c1-26(22,23)19-8-6-18(7-9-19)16(21)14-10-12-15(20)11-4-2-3-5-13(11)24-17(12)25-14/h2-5,10H,6-9H2,1H3. The minimum absolute atomic E-state index is 0.00367. The molecule has 1 aliphatic rings. The third-order valence-electron chi connectivity index (χ3n) is 4.48. The zero-order valence-electron chi connectivity index (χ0n) is 14.0. The summed E-state index contributed by atoms with van der Waals surface area (Å²) in [5, 5.41) is 0.628. The lowest BCUT2D eigenvalue weighted by Gasteiger charge is -2.32. The van der Waals surface area contributed by atoms with Crippen LogP contribution < -0.4 is 5.43 Å². The molecule has 9 heteroatoms. The molecule has 1 fully saturated rings. The van der Waals surface area contributed by atoms with E-state index in [1.54, 1.807) is 24.3 Å². The second-order valence-electron chi connectivity index (χ2n) is 6.19. The molecule has 0 radical (unpaired) electrons. The van der Waals surface area contributed by atoms with Gasteiger partial charge in [-0.3, -0.25) is 9.59 Å². The Morgan fingerprint density at radius 2 is 1.73 bits per heavy atom. The fourth-order valence-electron chi connectivity index (χ4n) is 3.08. The van der Waals surface area contributed by atoms with Gasteiger partial charge in [-0.1, -0.05) is 12.1 Å². The first-order valence-corrected chi connectivity index (χ1v) is 9.89. The Kier molecular flexibility index (Phi) is 3.85. The van der Waals surface area contributed by atoms with Gasteiger partial charge < -0.3 is 13.7 Å².